The number of rotatable bonds is 9. The fourth-order valence-electron chi connectivity index (χ4n) is 2.64. The fraction of sp³-hybridized carbons (Fsp3) is 0.600. The first kappa shape index (κ1) is 20.8. The lowest BCUT2D eigenvalue weighted by molar-refractivity contribution is -0.0111. The van der Waals surface area contributed by atoms with Crippen molar-refractivity contribution in [3.05, 3.63) is 44.8 Å². The van der Waals surface area contributed by atoms with Gasteiger partial charge in [-0.15, -0.1) is 0 Å². The molecule has 0 saturated heterocycles. The lowest BCUT2D eigenvalue weighted by Gasteiger charge is -2.18. The Labute approximate surface area is 150 Å². The molecule has 2 atom stereocenters. The minimum absolute atomic E-state index is 0.292. The number of aryl methyl sites for hydroxylation is 1. The second kappa shape index (κ2) is 8.90. The maximum Gasteiger partial charge on any atom is 0.469 e. The van der Waals surface area contributed by atoms with Gasteiger partial charge in [-0.2, -0.15) is 0 Å². The van der Waals surface area contributed by atoms with Crippen LogP contribution in [0.1, 0.15) is 31.1 Å². The van der Waals surface area contributed by atoms with E-state index in [1.807, 2.05) is 0 Å². The molecule has 146 valence electrons. The van der Waals surface area contributed by atoms with Crippen LogP contribution in [0.3, 0.4) is 0 Å². The third-order valence-electron chi connectivity index (χ3n) is 3.94. The number of phosphoric ester groups is 1. The number of ether oxygens (including phenoxy) is 1. The summed E-state index contributed by atoms with van der Waals surface area (Å²) in [5.74, 6) is 0. The first-order chi connectivity index (χ1) is 12.2. The van der Waals surface area contributed by atoms with E-state index in [2.05, 4.69) is 4.52 Å². The second-order valence-electron chi connectivity index (χ2n) is 6.04. The Morgan fingerprint density at radius 3 is 2.65 bits per heavy atom. The van der Waals surface area contributed by atoms with Crippen molar-refractivity contribution in [2.24, 2.45) is 5.73 Å². The fourth-order valence-corrected chi connectivity index (χ4v) is 2.98. The van der Waals surface area contributed by atoms with Gasteiger partial charge in [0.1, 0.15) is 6.10 Å². The Morgan fingerprint density at radius 1 is 1.27 bits per heavy atom. The molecule has 2 heterocycles. The number of aromatic nitrogens is 2. The minimum Gasteiger partial charge on any atom is -0.344 e. The molecule has 0 aliphatic carbocycles. The van der Waals surface area contributed by atoms with E-state index in [1.165, 1.54) is 15.3 Å². The first-order valence-electron chi connectivity index (χ1n) is 8.29. The van der Waals surface area contributed by atoms with Gasteiger partial charge in [0, 0.05) is 18.3 Å². The second-order valence-corrected chi connectivity index (χ2v) is 7.28. The average Bonchev–Trinajstić information content (AvgIpc) is 3.04. The van der Waals surface area contributed by atoms with Crippen LogP contribution < -0.4 is 17.0 Å². The van der Waals surface area contributed by atoms with Gasteiger partial charge in [-0.25, -0.2) is 9.36 Å². The molecule has 0 radical (unpaired) electrons. The molecule has 2 rings (SSSR count). The van der Waals surface area contributed by atoms with Gasteiger partial charge in [0.2, 0.25) is 0 Å². The van der Waals surface area contributed by atoms with Crippen molar-refractivity contribution in [3.8, 4) is 0 Å². The average molecular weight is 389 g/mol. The zero-order valence-corrected chi connectivity index (χ0v) is 15.4. The molecule has 1 aromatic rings. The number of nitrogens with zero attached hydrogens (tertiary/aromatic N) is 2. The monoisotopic (exact) mass is 389 g/mol. The van der Waals surface area contributed by atoms with Crippen molar-refractivity contribution in [1.29, 1.82) is 0 Å². The summed E-state index contributed by atoms with van der Waals surface area (Å²) in [6.07, 6.45) is 5.38. The summed E-state index contributed by atoms with van der Waals surface area (Å²) in [6.45, 7) is 2.12. The summed E-state index contributed by atoms with van der Waals surface area (Å²) in [7, 11) is -4.60. The van der Waals surface area contributed by atoms with Gasteiger partial charge in [0.15, 0.2) is 6.23 Å². The van der Waals surface area contributed by atoms with Crippen molar-refractivity contribution in [1.82, 2.24) is 9.13 Å². The third-order valence-corrected chi connectivity index (χ3v) is 4.42. The number of hydrogen-bond acceptors (Lipinski definition) is 6. The summed E-state index contributed by atoms with van der Waals surface area (Å²) in [5.41, 5.74) is 5.00. The van der Waals surface area contributed by atoms with Crippen LogP contribution in [0, 0.1) is 6.92 Å². The first-order valence-corrected chi connectivity index (χ1v) is 9.82. The van der Waals surface area contributed by atoms with E-state index in [1.54, 1.807) is 19.1 Å². The smallest absolute Gasteiger partial charge is 0.344 e. The van der Waals surface area contributed by atoms with Crippen LogP contribution in [0.5, 0.6) is 0 Å². The maximum absolute atomic E-state index is 12.6. The van der Waals surface area contributed by atoms with Gasteiger partial charge in [0.05, 0.1) is 6.61 Å². The zero-order valence-electron chi connectivity index (χ0n) is 14.5. The van der Waals surface area contributed by atoms with E-state index >= 15 is 0 Å². The topological polar surface area (TPSA) is 146 Å². The van der Waals surface area contributed by atoms with Gasteiger partial charge in [-0.3, -0.25) is 18.5 Å². The minimum atomic E-state index is -4.60. The highest BCUT2D eigenvalue weighted by molar-refractivity contribution is 7.46. The van der Waals surface area contributed by atoms with Crippen LogP contribution in [0.4, 0.5) is 0 Å². The highest BCUT2D eigenvalue weighted by Crippen LogP contribution is 2.36. The predicted molar refractivity (Wildman–Crippen MR) is 93.7 cm³/mol. The molecule has 0 spiro atoms. The Hall–Kier alpha value is -1.55. The lowest BCUT2D eigenvalue weighted by Crippen LogP contribution is -2.42. The highest BCUT2D eigenvalue weighted by Gasteiger charge is 2.25. The van der Waals surface area contributed by atoms with Crippen molar-refractivity contribution in [3.63, 3.8) is 0 Å². The van der Waals surface area contributed by atoms with Crippen molar-refractivity contribution < 1.29 is 23.6 Å². The van der Waals surface area contributed by atoms with E-state index in [0.29, 0.717) is 25.1 Å². The Kier molecular flexibility index (Phi) is 7.10. The normalized spacial score (nSPS) is 20.0. The maximum atomic E-state index is 12.6. The van der Waals surface area contributed by atoms with Gasteiger partial charge in [-0.05, 0) is 32.4 Å². The third kappa shape index (κ3) is 5.47. The van der Waals surface area contributed by atoms with Crippen molar-refractivity contribution in [2.75, 3.05) is 13.2 Å². The molecule has 10 nitrogen and oxygen atoms in total. The molecule has 0 aromatic carbocycles. The number of nitrogens with two attached hydrogens (primary N) is 1. The molecule has 0 unspecified atom stereocenters. The quantitative estimate of drug-likeness (QED) is 0.304. The van der Waals surface area contributed by atoms with E-state index in [-0.39, 0.29) is 12.2 Å². The van der Waals surface area contributed by atoms with Gasteiger partial charge >= 0.3 is 13.5 Å². The Balaban J connectivity index is 2.14. The number of phosphoric acid groups is 1. The molecular formula is C15H24N3O7P. The van der Waals surface area contributed by atoms with E-state index in [9.17, 15) is 14.2 Å². The van der Waals surface area contributed by atoms with E-state index in [4.69, 9.17) is 20.3 Å². The Bertz CT molecular complexity index is 810. The molecule has 4 N–H and O–H groups in total. The molecule has 1 aliphatic rings. The highest BCUT2D eigenvalue weighted by atomic mass is 31.2. The Morgan fingerprint density at radius 2 is 2.00 bits per heavy atom. The number of hydrogen-bond donors (Lipinski definition) is 3. The molecule has 0 fully saturated rings. The molecule has 1 aliphatic heterocycles. The summed E-state index contributed by atoms with van der Waals surface area (Å²) in [4.78, 5) is 42.4. The molecule has 1 aromatic heterocycles. The molecular weight excluding hydrogens is 365 g/mol. The van der Waals surface area contributed by atoms with Crippen LogP contribution in [-0.4, -0.2) is 38.2 Å². The summed E-state index contributed by atoms with van der Waals surface area (Å²) < 4.78 is 23.2. The lowest BCUT2D eigenvalue weighted by atomic mass is 10.2. The zero-order chi connectivity index (χ0) is 19.3. The summed E-state index contributed by atoms with van der Waals surface area (Å²) in [6, 6.07) is 0. The molecule has 0 amide bonds. The van der Waals surface area contributed by atoms with Crippen molar-refractivity contribution >= 4 is 7.82 Å². The summed E-state index contributed by atoms with van der Waals surface area (Å²) >= 11 is 0. The van der Waals surface area contributed by atoms with Crippen LogP contribution in [0.15, 0.2) is 27.9 Å². The molecule has 0 bridgehead atoms. The number of unbranched alkanes of at least 4 members (excludes halogenated alkanes) is 2. The van der Waals surface area contributed by atoms with Crippen LogP contribution in [-0.2, 0) is 20.4 Å². The van der Waals surface area contributed by atoms with Gasteiger partial charge in [-0.1, -0.05) is 12.5 Å². The summed E-state index contributed by atoms with van der Waals surface area (Å²) in [5, 5.41) is 0. The molecule has 11 heteroatoms. The standard InChI is InChI=1S/C15H24N3O7P/c1-11-9-18(13-6-5-12(25-13)10-24-26(21,22)23)15(20)17(14(11)19)8-4-2-3-7-16/h5-6,9,12-13H,2-4,7-8,10,16H2,1H3,(H2,21,22,23)/t12-,13+/m0/s1. The SMILES string of the molecule is Cc1cn([C@H]2C=C[C@@H](COP(=O)(O)O)O2)c(=O)n(CCCCCN)c1=O. The van der Waals surface area contributed by atoms with E-state index < -0.39 is 25.8 Å². The predicted octanol–water partition coefficient (Wildman–Crippen LogP) is 0.0103. The van der Waals surface area contributed by atoms with Gasteiger partial charge < -0.3 is 20.3 Å². The van der Waals surface area contributed by atoms with Crippen LogP contribution >= 0.6 is 7.82 Å². The molecule has 0 saturated carbocycles. The molecule has 26 heavy (non-hydrogen) atoms. The van der Waals surface area contributed by atoms with E-state index in [0.717, 1.165) is 12.8 Å². The largest absolute Gasteiger partial charge is 0.469 e. The van der Waals surface area contributed by atoms with Crippen molar-refractivity contribution in [2.45, 2.75) is 45.1 Å². The van der Waals surface area contributed by atoms with Crippen LogP contribution in [0.2, 0.25) is 0 Å². The van der Waals surface area contributed by atoms with Gasteiger partial charge in [0.25, 0.3) is 5.56 Å². The van der Waals surface area contributed by atoms with Crippen LogP contribution in [0.25, 0.3) is 0 Å².